The standard InChI is InChI=1S/C75H111F4N11O15/c1-17-43(8)68(88(14)73(99)52(40(2)3)36-56(93)67(42(6)7)87(12)13)57(102-15)37-61(96)90-30-19-21-53(90)69(103-16)45(10)54(91)34-50(35-59-86-83-39-104-59)71(97)82-38-47-22-24-51(25-23-47)84-72(98)48(20-18-29-81-75(80)101)33-55(92)66(41(4)5)85-58(94)26-27-60(95)89-31-28-49(32-44(89)9)74(100)105-70-63(77)46(11)62(76)64(78)65(70)79/h22-25,39-45,48-50,52-53,57,66-69H,17-21,26-38H2,1-16H3,(H,82,97)(H,84,98)(H,85,94)(H3,80,81,101)/t43-,44?,45-,48+,49?,50-,52-,53-,57+,66-,67-,68-,69+/m0/s1. The Hall–Kier alpha value is -8.25. The molecule has 0 aliphatic carbocycles. The highest BCUT2D eigenvalue weighted by Crippen LogP contribution is 2.35. The Labute approximate surface area is 613 Å². The molecule has 3 heterocycles. The highest BCUT2D eigenvalue weighted by atomic mass is 19.2. The molecule has 584 valence electrons. The predicted molar refractivity (Wildman–Crippen MR) is 381 cm³/mol. The number of rotatable bonds is 41. The van der Waals surface area contributed by atoms with Gasteiger partial charge in [0.25, 0.3) is 0 Å². The highest BCUT2D eigenvalue weighted by Gasteiger charge is 2.45. The van der Waals surface area contributed by atoms with Crippen LogP contribution in [0.15, 0.2) is 35.1 Å². The van der Waals surface area contributed by atoms with Crippen molar-refractivity contribution >= 4 is 70.5 Å². The van der Waals surface area contributed by atoms with Crippen molar-refractivity contribution < 1.29 is 88.9 Å². The third-order valence-corrected chi connectivity index (χ3v) is 20.7. The third-order valence-electron chi connectivity index (χ3n) is 20.7. The number of likely N-dealkylation sites (tertiary alicyclic amines) is 2. The fraction of sp³-hybridized carbons (Fsp3) is 0.667. The molecule has 8 amide bonds. The number of halogens is 4. The van der Waals surface area contributed by atoms with Crippen molar-refractivity contribution in [1.82, 2.24) is 45.7 Å². The van der Waals surface area contributed by atoms with Crippen LogP contribution in [-0.4, -0.2) is 192 Å². The Bertz CT molecular complexity index is 3430. The Morgan fingerprint density at radius 2 is 1.40 bits per heavy atom. The molecule has 2 saturated heterocycles. The molecule has 3 aromatic rings. The molecule has 1 aromatic heterocycles. The smallest absolute Gasteiger partial charge is 0.314 e. The number of nitrogens with zero attached hydrogens (tertiary/aromatic N) is 6. The maximum atomic E-state index is 14.6. The number of nitrogens with two attached hydrogens (primary N) is 1. The monoisotopic (exact) mass is 1480 g/mol. The third kappa shape index (κ3) is 24.1. The van der Waals surface area contributed by atoms with Crippen molar-refractivity contribution in [2.75, 3.05) is 60.3 Å². The lowest BCUT2D eigenvalue weighted by Crippen LogP contribution is -2.54. The fourth-order valence-electron chi connectivity index (χ4n) is 14.5. The Morgan fingerprint density at radius 1 is 0.733 bits per heavy atom. The number of nitrogens with one attached hydrogen (secondary N) is 4. The van der Waals surface area contributed by atoms with Crippen LogP contribution in [0, 0.1) is 83.5 Å². The first-order valence-corrected chi connectivity index (χ1v) is 36.4. The molecular weight excluding hydrogens is 1370 g/mol. The molecule has 30 heteroatoms. The molecule has 2 aliphatic rings. The molecule has 0 radical (unpaired) electrons. The molecule has 105 heavy (non-hydrogen) atoms. The topological polar surface area (TPSA) is 341 Å². The van der Waals surface area contributed by atoms with Crippen LogP contribution in [-0.2, 0) is 70.4 Å². The van der Waals surface area contributed by atoms with E-state index in [1.807, 2.05) is 60.5 Å². The maximum Gasteiger partial charge on any atom is 0.314 e. The summed E-state index contributed by atoms with van der Waals surface area (Å²) in [6.45, 7) is 19.9. The highest BCUT2D eigenvalue weighted by molar-refractivity contribution is 5.98. The van der Waals surface area contributed by atoms with E-state index in [0.29, 0.717) is 37.1 Å². The first kappa shape index (κ1) is 87.4. The average Bonchev–Trinajstić information content (AvgIpc) is 1.20. The SMILES string of the molecule is CC[C@H](C)[C@@H]([C@@H](CC(=O)N1CCC[C@H]1[C@H](OC)[C@@H](C)C(=O)C[C@@H](Cc1nnco1)C(=O)NCc1ccc(NC(=O)[C@H](CCCNC(N)=O)CC(=O)[C@@H](NC(=O)CCC(=O)N2CCC(C(=O)Oc3c(F)c(C)c(F)c(F)c3F)CC2C)C(C)C)cc1)OC)N(C)C(=O)[C@@H](CC(=O)[C@H](C(C)C)N(C)C)C(C)C. The number of hydrogen-bond donors (Lipinski definition) is 5. The van der Waals surface area contributed by atoms with E-state index in [4.69, 9.17) is 24.4 Å². The molecule has 13 atom stereocenters. The van der Waals surface area contributed by atoms with Gasteiger partial charge < -0.3 is 60.3 Å². The van der Waals surface area contributed by atoms with E-state index >= 15 is 0 Å². The quantitative estimate of drug-likeness (QED) is 0.00891. The Morgan fingerprint density at radius 3 is 1.97 bits per heavy atom. The molecule has 0 bridgehead atoms. The second-order valence-electron chi connectivity index (χ2n) is 29.4. The Kier molecular flexibility index (Phi) is 34.1. The molecule has 2 aromatic carbocycles. The van der Waals surface area contributed by atoms with Gasteiger partial charge in [-0.15, -0.1) is 10.2 Å². The van der Waals surface area contributed by atoms with E-state index in [1.54, 1.807) is 68.8 Å². The number of aromatic nitrogens is 2. The number of hydrogen-bond acceptors (Lipinski definition) is 18. The zero-order valence-electron chi connectivity index (χ0n) is 63.7. The number of benzene rings is 2. The summed E-state index contributed by atoms with van der Waals surface area (Å²) in [7, 11) is 8.45. The zero-order valence-corrected chi connectivity index (χ0v) is 63.7. The van der Waals surface area contributed by atoms with Gasteiger partial charge in [-0.3, -0.25) is 52.8 Å². The van der Waals surface area contributed by atoms with Crippen molar-refractivity contribution in [2.24, 2.45) is 59.0 Å². The molecular formula is C75H111F4N11O15. The number of ether oxygens (including phenoxy) is 3. The summed E-state index contributed by atoms with van der Waals surface area (Å²) < 4.78 is 79.4. The summed E-state index contributed by atoms with van der Waals surface area (Å²) in [5.41, 5.74) is 5.35. The molecule has 26 nitrogen and oxygen atoms in total. The van der Waals surface area contributed by atoms with Gasteiger partial charge in [0.2, 0.25) is 59.3 Å². The lowest BCUT2D eigenvalue weighted by molar-refractivity contribution is -0.149. The lowest BCUT2D eigenvalue weighted by Gasteiger charge is -2.41. The number of esters is 1. The number of anilines is 1. The van der Waals surface area contributed by atoms with E-state index < -0.39 is 148 Å². The van der Waals surface area contributed by atoms with E-state index in [1.165, 1.54) is 19.1 Å². The molecule has 0 spiro atoms. The summed E-state index contributed by atoms with van der Waals surface area (Å²) in [5, 5.41) is 18.7. The van der Waals surface area contributed by atoms with Crippen molar-refractivity contribution in [3.05, 3.63) is 70.9 Å². The van der Waals surface area contributed by atoms with Crippen LogP contribution < -0.4 is 31.7 Å². The number of carbonyl (C=O) groups excluding carboxylic acids is 11. The van der Waals surface area contributed by atoms with E-state index in [0.717, 1.165) is 13.3 Å². The van der Waals surface area contributed by atoms with Crippen LogP contribution in [0.4, 0.5) is 28.0 Å². The number of ketones is 3. The molecule has 2 aliphatic heterocycles. The lowest BCUT2D eigenvalue weighted by atomic mass is 9.83. The first-order valence-electron chi connectivity index (χ1n) is 36.4. The minimum atomic E-state index is -2.00. The van der Waals surface area contributed by atoms with Crippen molar-refractivity contribution in [3.8, 4) is 5.75 Å². The number of likely N-dealkylation sites (N-methyl/N-ethyl adjacent to an activating group) is 2. The van der Waals surface area contributed by atoms with Crippen LogP contribution in [0.1, 0.15) is 170 Å². The van der Waals surface area contributed by atoms with E-state index in [9.17, 15) is 70.3 Å². The van der Waals surface area contributed by atoms with Gasteiger partial charge in [-0.05, 0) is 108 Å². The normalized spacial score (nSPS) is 18.3. The number of Topliss-reactive ketones (excluding diaryl/α,β-unsaturated/α-hetero) is 3. The first-order chi connectivity index (χ1) is 49.5. The molecule has 6 N–H and O–H groups in total. The number of methoxy groups -OCH3 is 2. The summed E-state index contributed by atoms with van der Waals surface area (Å²) in [5.74, 6) is -18.0. The summed E-state index contributed by atoms with van der Waals surface area (Å²) in [6, 6.07) is 2.63. The fourth-order valence-corrected chi connectivity index (χ4v) is 14.5. The molecule has 2 unspecified atom stereocenters. The van der Waals surface area contributed by atoms with Crippen LogP contribution >= 0.6 is 0 Å². The minimum Gasteiger partial charge on any atom is -0.428 e. The average molecular weight is 1480 g/mol. The van der Waals surface area contributed by atoms with Gasteiger partial charge in [-0.1, -0.05) is 80.9 Å². The van der Waals surface area contributed by atoms with Crippen molar-refractivity contribution in [3.63, 3.8) is 0 Å². The molecule has 5 rings (SSSR count). The number of carbonyl (C=O) groups is 11. The van der Waals surface area contributed by atoms with Crippen LogP contribution in [0.25, 0.3) is 0 Å². The van der Waals surface area contributed by atoms with Gasteiger partial charge >= 0.3 is 12.0 Å². The molecule has 2 fully saturated rings. The van der Waals surface area contributed by atoms with Gasteiger partial charge in [0.05, 0.1) is 54.6 Å². The Balaban J connectivity index is 1.19. The summed E-state index contributed by atoms with van der Waals surface area (Å²) in [6.07, 6.45) is 0.493. The molecule has 0 saturated carbocycles. The van der Waals surface area contributed by atoms with Crippen LogP contribution in [0.5, 0.6) is 5.75 Å². The summed E-state index contributed by atoms with van der Waals surface area (Å²) >= 11 is 0. The van der Waals surface area contributed by atoms with Crippen molar-refractivity contribution in [1.29, 1.82) is 0 Å². The summed E-state index contributed by atoms with van der Waals surface area (Å²) in [4.78, 5) is 158. The van der Waals surface area contributed by atoms with Crippen LogP contribution in [0.2, 0.25) is 0 Å². The van der Waals surface area contributed by atoms with Gasteiger partial charge in [0, 0.05) is 121 Å². The number of primary amides is 1. The van der Waals surface area contributed by atoms with Crippen LogP contribution in [0.3, 0.4) is 0 Å². The predicted octanol–water partition coefficient (Wildman–Crippen LogP) is 8.22. The number of urea groups is 1. The van der Waals surface area contributed by atoms with Gasteiger partial charge in [-0.2, -0.15) is 4.39 Å². The van der Waals surface area contributed by atoms with Gasteiger partial charge in [-0.25, -0.2) is 18.0 Å². The number of piperidine rings is 1. The second kappa shape index (κ2) is 41.0. The van der Waals surface area contributed by atoms with Gasteiger partial charge in [0.1, 0.15) is 5.78 Å². The zero-order chi connectivity index (χ0) is 78.4. The van der Waals surface area contributed by atoms with E-state index in [2.05, 4.69) is 31.5 Å². The second-order valence-corrected chi connectivity index (χ2v) is 29.4. The largest absolute Gasteiger partial charge is 0.428 e. The van der Waals surface area contributed by atoms with Crippen molar-refractivity contribution in [2.45, 2.75) is 215 Å². The number of amides is 8. The minimum absolute atomic E-state index is 0.00503. The van der Waals surface area contributed by atoms with E-state index in [-0.39, 0.29) is 143 Å². The maximum absolute atomic E-state index is 14.6. The van der Waals surface area contributed by atoms with Gasteiger partial charge in [0.15, 0.2) is 29.0 Å².